The first kappa shape index (κ1) is 20.2. The van der Waals surface area contributed by atoms with Crippen molar-refractivity contribution in [1.82, 2.24) is 5.32 Å². The van der Waals surface area contributed by atoms with E-state index in [1.54, 1.807) is 6.92 Å². The van der Waals surface area contributed by atoms with Crippen LogP contribution in [0.5, 0.6) is 0 Å². The first-order chi connectivity index (χ1) is 12.1. The molecule has 1 aliphatic heterocycles. The van der Waals surface area contributed by atoms with E-state index in [0.29, 0.717) is 31.6 Å². The number of hydrogen-bond donors (Lipinski definition) is 2. The molecule has 0 radical (unpaired) electrons. The lowest BCUT2D eigenvalue weighted by molar-refractivity contribution is -0.154. The van der Waals surface area contributed by atoms with Crippen molar-refractivity contribution in [1.29, 1.82) is 0 Å². The highest BCUT2D eigenvalue weighted by molar-refractivity contribution is 5.79. The summed E-state index contributed by atoms with van der Waals surface area (Å²) in [4.78, 5) is 23.7. The van der Waals surface area contributed by atoms with Crippen molar-refractivity contribution in [2.75, 3.05) is 19.8 Å². The zero-order valence-corrected chi connectivity index (χ0v) is 14.4. The molecule has 144 valence electrons. The summed E-state index contributed by atoms with van der Waals surface area (Å²) >= 11 is 0. The Morgan fingerprint density at radius 1 is 1.23 bits per heavy atom. The van der Waals surface area contributed by atoms with E-state index < -0.39 is 23.1 Å². The zero-order chi connectivity index (χ0) is 19.4. The van der Waals surface area contributed by atoms with Gasteiger partial charge in [0.15, 0.2) is 0 Å². The van der Waals surface area contributed by atoms with Gasteiger partial charge < -0.3 is 15.2 Å². The van der Waals surface area contributed by atoms with Gasteiger partial charge in [0.1, 0.15) is 0 Å². The normalized spacial score (nSPS) is 18.2. The average molecular weight is 373 g/mol. The fourth-order valence-electron chi connectivity index (χ4n) is 2.96. The highest BCUT2D eigenvalue weighted by Gasteiger charge is 2.40. The van der Waals surface area contributed by atoms with Crippen LogP contribution in [0.3, 0.4) is 0 Å². The van der Waals surface area contributed by atoms with Crippen LogP contribution >= 0.6 is 0 Å². The molecule has 0 aliphatic carbocycles. The molecule has 2 N–H and O–H groups in total. The molecule has 1 heterocycles. The van der Waals surface area contributed by atoms with Gasteiger partial charge in [-0.2, -0.15) is 13.2 Å². The van der Waals surface area contributed by atoms with Gasteiger partial charge in [-0.3, -0.25) is 9.59 Å². The lowest BCUT2D eigenvalue weighted by Gasteiger charge is -2.33. The number of carbonyl (C=O) groups excluding carboxylic acids is 1. The number of carbonyl (C=O) groups is 2. The van der Waals surface area contributed by atoms with Crippen LogP contribution in [0.25, 0.3) is 0 Å². The van der Waals surface area contributed by atoms with Gasteiger partial charge in [0, 0.05) is 26.2 Å². The van der Waals surface area contributed by atoms with Crippen LogP contribution in [-0.4, -0.2) is 36.7 Å². The first-order valence-corrected chi connectivity index (χ1v) is 8.39. The monoisotopic (exact) mass is 373 g/mol. The minimum atomic E-state index is -4.39. The van der Waals surface area contributed by atoms with Gasteiger partial charge in [-0.15, -0.1) is 0 Å². The van der Waals surface area contributed by atoms with Gasteiger partial charge in [-0.1, -0.05) is 19.1 Å². The Kier molecular flexibility index (Phi) is 6.28. The van der Waals surface area contributed by atoms with Crippen molar-refractivity contribution in [3.05, 3.63) is 35.4 Å². The summed E-state index contributed by atoms with van der Waals surface area (Å²) in [7, 11) is 0. The molecule has 26 heavy (non-hydrogen) atoms. The van der Waals surface area contributed by atoms with E-state index in [2.05, 4.69) is 5.32 Å². The fourth-order valence-corrected chi connectivity index (χ4v) is 2.96. The Labute approximate surface area is 149 Å². The second kappa shape index (κ2) is 8.07. The van der Waals surface area contributed by atoms with Crippen molar-refractivity contribution < 1.29 is 32.6 Å². The quantitative estimate of drug-likeness (QED) is 0.803. The van der Waals surface area contributed by atoms with Gasteiger partial charge in [-0.25, -0.2) is 0 Å². The van der Waals surface area contributed by atoms with E-state index in [9.17, 15) is 27.9 Å². The molecule has 0 bridgehead atoms. The van der Waals surface area contributed by atoms with Gasteiger partial charge in [0.05, 0.1) is 11.0 Å². The average Bonchev–Trinajstić information content (AvgIpc) is 2.60. The number of hydrogen-bond acceptors (Lipinski definition) is 3. The second-order valence-electron chi connectivity index (χ2n) is 6.70. The number of carboxylic acids is 1. The highest BCUT2D eigenvalue weighted by Crippen LogP contribution is 2.31. The van der Waals surface area contributed by atoms with E-state index in [-0.39, 0.29) is 24.8 Å². The Bertz CT molecular complexity index is 637. The molecule has 1 fully saturated rings. The molecule has 1 saturated heterocycles. The van der Waals surface area contributed by atoms with E-state index >= 15 is 0 Å². The van der Waals surface area contributed by atoms with Gasteiger partial charge in [-0.05, 0) is 36.5 Å². The Balaban J connectivity index is 1.91. The third kappa shape index (κ3) is 4.97. The Morgan fingerprint density at radius 2 is 1.81 bits per heavy atom. The predicted octanol–water partition coefficient (Wildman–Crippen LogP) is 3.20. The largest absolute Gasteiger partial charge is 0.481 e. The number of aliphatic carboxylic acids is 1. The molecule has 1 aliphatic rings. The van der Waals surface area contributed by atoms with E-state index in [4.69, 9.17) is 4.74 Å². The third-order valence-corrected chi connectivity index (χ3v) is 4.83. The summed E-state index contributed by atoms with van der Waals surface area (Å²) in [6.45, 7) is 2.43. The topological polar surface area (TPSA) is 75.6 Å². The molecule has 1 aromatic rings. The minimum absolute atomic E-state index is 0.0181. The van der Waals surface area contributed by atoms with Crippen molar-refractivity contribution in [3.8, 4) is 0 Å². The molecule has 1 unspecified atom stereocenters. The number of rotatable bonds is 6. The predicted molar refractivity (Wildman–Crippen MR) is 87.6 cm³/mol. The van der Waals surface area contributed by atoms with Crippen LogP contribution in [0, 0.1) is 5.41 Å². The van der Waals surface area contributed by atoms with Gasteiger partial charge in [0.25, 0.3) is 0 Å². The molecule has 2 rings (SSSR count). The third-order valence-electron chi connectivity index (χ3n) is 4.83. The van der Waals surface area contributed by atoms with E-state index in [1.807, 2.05) is 0 Å². The molecule has 5 nitrogen and oxygen atoms in total. The van der Waals surface area contributed by atoms with Crippen LogP contribution in [0.2, 0.25) is 0 Å². The maximum atomic E-state index is 12.6. The number of carboxylic acid groups (broad SMARTS) is 1. The van der Waals surface area contributed by atoms with Crippen molar-refractivity contribution in [2.45, 2.75) is 38.3 Å². The van der Waals surface area contributed by atoms with Gasteiger partial charge in [0.2, 0.25) is 5.91 Å². The molecule has 0 spiro atoms. The second-order valence-corrected chi connectivity index (χ2v) is 6.70. The number of benzene rings is 1. The van der Waals surface area contributed by atoms with Gasteiger partial charge >= 0.3 is 12.1 Å². The Hall–Kier alpha value is -2.09. The summed E-state index contributed by atoms with van der Waals surface area (Å²) in [5.74, 6) is -1.57. The maximum Gasteiger partial charge on any atom is 0.416 e. The van der Waals surface area contributed by atoms with Crippen LogP contribution in [0.1, 0.15) is 43.2 Å². The summed E-state index contributed by atoms with van der Waals surface area (Å²) in [5.41, 5.74) is -1.14. The molecule has 8 heteroatoms. The van der Waals surface area contributed by atoms with Crippen molar-refractivity contribution >= 4 is 11.9 Å². The van der Waals surface area contributed by atoms with Crippen LogP contribution in [-0.2, 0) is 20.5 Å². The summed E-state index contributed by atoms with van der Waals surface area (Å²) in [6, 6.07) is 4.70. The number of nitrogens with one attached hydrogen (secondary N) is 1. The number of amides is 1. The lowest BCUT2D eigenvalue weighted by atomic mass is 9.80. The van der Waals surface area contributed by atoms with Crippen LogP contribution < -0.4 is 5.32 Å². The summed E-state index contributed by atoms with van der Waals surface area (Å²) in [5, 5.41) is 12.1. The number of halogens is 3. The molecular formula is C18H22F3NO4. The maximum absolute atomic E-state index is 12.6. The fraction of sp³-hybridized carbons (Fsp3) is 0.556. The summed E-state index contributed by atoms with van der Waals surface area (Å²) in [6.07, 6.45) is -3.67. The highest BCUT2D eigenvalue weighted by atomic mass is 19.4. The molecule has 0 aromatic heterocycles. The minimum Gasteiger partial charge on any atom is -0.481 e. The first-order valence-electron chi connectivity index (χ1n) is 8.39. The standard InChI is InChI=1S/C18H22F3NO4/c1-12(13-2-4-14(5-3-13)18(19,20)21)10-15(23)22-11-17(16(24)25)6-8-26-9-7-17/h2-5,12H,6-11H2,1H3,(H,22,23)(H,24,25). The van der Waals surface area contributed by atoms with E-state index in [0.717, 1.165) is 12.1 Å². The van der Waals surface area contributed by atoms with Crippen LogP contribution in [0.15, 0.2) is 24.3 Å². The van der Waals surface area contributed by atoms with Crippen molar-refractivity contribution in [2.24, 2.45) is 5.41 Å². The van der Waals surface area contributed by atoms with Crippen LogP contribution in [0.4, 0.5) is 13.2 Å². The molecule has 1 amide bonds. The lowest BCUT2D eigenvalue weighted by Crippen LogP contribution is -2.46. The Morgan fingerprint density at radius 3 is 2.31 bits per heavy atom. The molecule has 1 aromatic carbocycles. The molecule has 1 atom stereocenters. The molecule has 0 saturated carbocycles. The molecular weight excluding hydrogens is 351 g/mol. The van der Waals surface area contributed by atoms with E-state index in [1.165, 1.54) is 12.1 Å². The SMILES string of the molecule is CC(CC(=O)NCC1(C(=O)O)CCOCC1)c1ccc(C(F)(F)F)cc1. The smallest absolute Gasteiger partial charge is 0.416 e. The van der Waals surface area contributed by atoms with Crippen molar-refractivity contribution in [3.63, 3.8) is 0 Å². The zero-order valence-electron chi connectivity index (χ0n) is 14.4. The number of alkyl halides is 3. The summed E-state index contributed by atoms with van der Waals surface area (Å²) < 4.78 is 42.9. The number of ether oxygens (including phenoxy) is 1.